The van der Waals surface area contributed by atoms with E-state index in [2.05, 4.69) is 15.3 Å². The maximum atomic E-state index is 12.8. The Morgan fingerprint density at radius 2 is 1.74 bits per heavy atom. The van der Waals surface area contributed by atoms with Gasteiger partial charge in [0.15, 0.2) is 11.5 Å². The fraction of sp³-hybridized carbons (Fsp3) is 0.0909. The normalized spacial score (nSPS) is 12.2. The van der Waals surface area contributed by atoms with Gasteiger partial charge in [-0.05, 0) is 48.9 Å². The van der Waals surface area contributed by atoms with E-state index >= 15 is 0 Å². The van der Waals surface area contributed by atoms with Crippen LogP contribution in [0, 0.1) is 0 Å². The SMILES string of the molecule is C/C(=C\N(C)N)c1cnc2c(Nc3ccc(S(=O)(=O)c4ccccc4)cc3)nccn12. The van der Waals surface area contributed by atoms with Gasteiger partial charge >= 0.3 is 0 Å². The predicted octanol–water partition coefficient (Wildman–Crippen LogP) is 3.47. The van der Waals surface area contributed by atoms with E-state index < -0.39 is 9.84 Å². The second-order valence-corrected chi connectivity index (χ2v) is 9.01. The Labute approximate surface area is 180 Å². The van der Waals surface area contributed by atoms with E-state index in [1.54, 1.807) is 74.0 Å². The molecule has 4 aromatic rings. The summed E-state index contributed by atoms with van der Waals surface area (Å²) in [7, 11) is -1.81. The molecule has 2 aromatic carbocycles. The van der Waals surface area contributed by atoms with Crippen LogP contribution in [0.15, 0.2) is 89.2 Å². The molecule has 0 aliphatic carbocycles. The lowest BCUT2D eigenvalue weighted by Gasteiger charge is -2.10. The minimum absolute atomic E-state index is 0.227. The standard InChI is InChI=1S/C22H22N6O2S/c1-16(15-27(2)23)20-14-25-22-21(24-12-13-28(20)22)26-17-8-10-19(11-9-17)31(29,30)18-6-4-3-5-7-18/h3-15H,23H2,1-2H3,(H,24,26)/b16-15+. The number of anilines is 2. The summed E-state index contributed by atoms with van der Waals surface area (Å²) in [5, 5.41) is 4.70. The van der Waals surface area contributed by atoms with Crippen molar-refractivity contribution in [1.82, 2.24) is 19.4 Å². The fourth-order valence-corrected chi connectivity index (χ4v) is 4.54. The first-order valence-electron chi connectivity index (χ1n) is 9.52. The molecule has 2 heterocycles. The third kappa shape index (κ3) is 4.14. The van der Waals surface area contributed by atoms with Crippen molar-refractivity contribution >= 4 is 32.6 Å². The average Bonchev–Trinajstić information content (AvgIpc) is 3.20. The largest absolute Gasteiger partial charge is 0.337 e. The lowest BCUT2D eigenvalue weighted by molar-refractivity contribution is 0.486. The van der Waals surface area contributed by atoms with Crippen molar-refractivity contribution in [3.05, 3.63) is 85.1 Å². The highest BCUT2D eigenvalue weighted by Gasteiger charge is 2.17. The van der Waals surface area contributed by atoms with Crippen molar-refractivity contribution in [3.63, 3.8) is 0 Å². The lowest BCUT2D eigenvalue weighted by Crippen LogP contribution is -2.19. The van der Waals surface area contributed by atoms with E-state index in [1.165, 1.54) is 5.01 Å². The maximum Gasteiger partial charge on any atom is 0.206 e. The molecule has 0 saturated heterocycles. The molecule has 4 rings (SSSR count). The van der Waals surface area contributed by atoms with E-state index in [-0.39, 0.29) is 9.79 Å². The number of hydrogen-bond donors (Lipinski definition) is 2. The molecule has 0 saturated carbocycles. The molecule has 0 amide bonds. The van der Waals surface area contributed by atoms with Gasteiger partial charge in [0.2, 0.25) is 9.84 Å². The topological polar surface area (TPSA) is 106 Å². The Morgan fingerprint density at radius 1 is 1.06 bits per heavy atom. The lowest BCUT2D eigenvalue weighted by atomic mass is 10.2. The minimum atomic E-state index is -3.56. The fourth-order valence-electron chi connectivity index (χ4n) is 3.26. The predicted molar refractivity (Wildman–Crippen MR) is 120 cm³/mol. The van der Waals surface area contributed by atoms with Crippen LogP contribution in [0.4, 0.5) is 11.5 Å². The van der Waals surface area contributed by atoms with Crippen molar-refractivity contribution in [2.24, 2.45) is 5.84 Å². The van der Waals surface area contributed by atoms with E-state index in [9.17, 15) is 8.42 Å². The monoisotopic (exact) mass is 434 g/mol. The number of rotatable bonds is 6. The summed E-state index contributed by atoms with van der Waals surface area (Å²) in [6.45, 7) is 1.95. The molecule has 8 nitrogen and oxygen atoms in total. The van der Waals surface area contributed by atoms with Crippen molar-refractivity contribution in [1.29, 1.82) is 0 Å². The zero-order chi connectivity index (χ0) is 22.0. The summed E-state index contributed by atoms with van der Waals surface area (Å²) in [5.41, 5.74) is 3.18. The Kier molecular flexibility index (Phi) is 5.45. The molecule has 31 heavy (non-hydrogen) atoms. The number of nitrogens with one attached hydrogen (secondary N) is 1. The first-order valence-corrected chi connectivity index (χ1v) is 11.0. The second-order valence-electron chi connectivity index (χ2n) is 7.06. The van der Waals surface area contributed by atoms with Crippen LogP contribution in [0.25, 0.3) is 11.2 Å². The number of imidazole rings is 1. The van der Waals surface area contributed by atoms with Crippen LogP contribution in [-0.4, -0.2) is 34.8 Å². The molecule has 0 fully saturated rings. The van der Waals surface area contributed by atoms with E-state index in [1.807, 2.05) is 23.7 Å². The third-order valence-electron chi connectivity index (χ3n) is 4.71. The summed E-state index contributed by atoms with van der Waals surface area (Å²) in [4.78, 5) is 9.36. The zero-order valence-corrected chi connectivity index (χ0v) is 17.9. The average molecular weight is 435 g/mol. The summed E-state index contributed by atoms with van der Waals surface area (Å²) >= 11 is 0. The number of fused-ring (bicyclic) bond motifs is 1. The Balaban J connectivity index is 1.63. The van der Waals surface area contributed by atoms with Crippen molar-refractivity contribution in [2.45, 2.75) is 16.7 Å². The molecule has 2 aromatic heterocycles. The highest BCUT2D eigenvalue weighted by Crippen LogP contribution is 2.25. The smallest absolute Gasteiger partial charge is 0.206 e. The summed E-state index contributed by atoms with van der Waals surface area (Å²) < 4.78 is 27.4. The van der Waals surface area contributed by atoms with Gasteiger partial charge in [0.05, 0.1) is 21.7 Å². The van der Waals surface area contributed by atoms with Crippen LogP contribution in [0.1, 0.15) is 12.6 Å². The van der Waals surface area contributed by atoms with Gasteiger partial charge < -0.3 is 10.3 Å². The van der Waals surface area contributed by atoms with Gasteiger partial charge in [0.1, 0.15) is 0 Å². The van der Waals surface area contributed by atoms with Gasteiger partial charge in [-0.15, -0.1) is 0 Å². The summed E-state index contributed by atoms with van der Waals surface area (Å²) in [6, 6.07) is 14.9. The van der Waals surface area contributed by atoms with E-state index in [0.717, 1.165) is 11.3 Å². The van der Waals surface area contributed by atoms with E-state index in [4.69, 9.17) is 5.84 Å². The molecular weight excluding hydrogens is 412 g/mol. The quantitative estimate of drug-likeness (QED) is 0.353. The number of nitrogens with two attached hydrogens (primary N) is 1. The first-order chi connectivity index (χ1) is 14.9. The summed E-state index contributed by atoms with van der Waals surface area (Å²) in [5.74, 6) is 6.27. The van der Waals surface area contributed by atoms with Crippen LogP contribution < -0.4 is 11.2 Å². The number of sulfone groups is 1. The number of benzene rings is 2. The molecule has 0 unspecified atom stereocenters. The number of nitrogens with zero attached hydrogens (tertiary/aromatic N) is 4. The van der Waals surface area contributed by atoms with Crippen molar-refractivity contribution < 1.29 is 8.42 Å². The van der Waals surface area contributed by atoms with Crippen molar-refractivity contribution in [2.75, 3.05) is 12.4 Å². The molecule has 0 bridgehead atoms. The number of hydrazine groups is 1. The molecule has 9 heteroatoms. The molecule has 0 radical (unpaired) electrons. The number of aromatic nitrogens is 3. The van der Waals surface area contributed by atoms with Crippen LogP contribution in [0.2, 0.25) is 0 Å². The van der Waals surface area contributed by atoms with Gasteiger partial charge in [0, 0.05) is 31.3 Å². The molecule has 0 atom stereocenters. The first kappa shape index (κ1) is 20.6. The van der Waals surface area contributed by atoms with Crippen LogP contribution in [-0.2, 0) is 9.84 Å². The van der Waals surface area contributed by atoms with Gasteiger partial charge in [-0.1, -0.05) is 18.2 Å². The molecular formula is C22H22N6O2S. The number of hydrogen-bond acceptors (Lipinski definition) is 7. The minimum Gasteiger partial charge on any atom is -0.337 e. The molecule has 0 aliphatic heterocycles. The highest BCUT2D eigenvalue weighted by molar-refractivity contribution is 7.91. The van der Waals surface area contributed by atoms with Gasteiger partial charge in [-0.25, -0.2) is 24.2 Å². The number of allylic oxidation sites excluding steroid dienone is 1. The molecule has 0 spiro atoms. The van der Waals surface area contributed by atoms with Gasteiger partial charge in [0.25, 0.3) is 0 Å². The van der Waals surface area contributed by atoms with Crippen molar-refractivity contribution in [3.8, 4) is 0 Å². The molecule has 3 N–H and O–H groups in total. The zero-order valence-electron chi connectivity index (χ0n) is 17.1. The van der Waals surface area contributed by atoms with Crippen LogP contribution in [0.3, 0.4) is 0 Å². The van der Waals surface area contributed by atoms with Gasteiger partial charge in [-0.3, -0.25) is 4.40 Å². The van der Waals surface area contributed by atoms with Crippen LogP contribution >= 0.6 is 0 Å². The third-order valence-corrected chi connectivity index (χ3v) is 6.50. The summed E-state index contributed by atoms with van der Waals surface area (Å²) in [6.07, 6.45) is 7.07. The second kappa shape index (κ2) is 8.21. The van der Waals surface area contributed by atoms with Gasteiger partial charge in [-0.2, -0.15) is 0 Å². The molecule has 0 aliphatic rings. The highest BCUT2D eigenvalue weighted by atomic mass is 32.2. The van der Waals surface area contributed by atoms with E-state index in [0.29, 0.717) is 17.2 Å². The van der Waals surface area contributed by atoms with Crippen LogP contribution in [0.5, 0.6) is 0 Å². The Hall–Kier alpha value is -3.69. The Morgan fingerprint density at radius 3 is 2.42 bits per heavy atom. The Bertz CT molecular complexity index is 1340. The molecule has 158 valence electrons. The maximum absolute atomic E-state index is 12.8.